The fourth-order valence-corrected chi connectivity index (χ4v) is 2.66. The van der Waals surface area contributed by atoms with E-state index >= 15 is 0 Å². The quantitative estimate of drug-likeness (QED) is 0.682. The SMILES string of the molecule is Cc1nc2ccccc2n1-c1ccc(C#N)c(Br)c1. The van der Waals surface area contributed by atoms with E-state index in [9.17, 15) is 0 Å². The normalized spacial score (nSPS) is 10.6. The topological polar surface area (TPSA) is 41.6 Å². The highest BCUT2D eigenvalue weighted by atomic mass is 79.9. The second kappa shape index (κ2) is 4.52. The zero-order chi connectivity index (χ0) is 13.4. The molecule has 0 aliphatic carbocycles. The molecular formula is C15H10BrN3. The molecule has 0 bridgehead atoms. The average Bonchev–Trinajstić information content (AvgIpc) is 2.74. The van der Waals surface area contributed by atoms with Crippen molar-refractivity contribution in [2.75, 3.05) is 0 Å². The summed E-state index contributed by atoms with van der Waals surface area (Å²) in [5, 5.41) is 8.97. The first-order chi connectivity index (χ1) is 9.20. The molecule has 0 unspecified atom stereocenters. The molecule has 1 heterocycles. The van der Waals surface area contributed by atoms with Crippen LogP contribution in [0.25, 0.3) is 16.7 Å². The van der Waals surface area contributed by atoms with Crippen LogP contribution in [0.4, 0.5) is 0 Å². The molecule has 0 aliphatic rings. The van der Waals surface area contributed by atoms with Gasteiger partial charge in [-0.15, -0.1) is 0 Å². The van der Waals surface area contributed by atoms with E-state index in [1.54, 1.807) is 0 Å². The van der Waals surface area contributed by atoms with Gasteiger partial charge in [0.05, 0.1) is 16.6 Å². The van der Waals surface area contributed by atoms with Gasteiger partial charge in [0.1, 0.15) is 11.9 Å². The number of nitriles is 1. The highest BCUT2D eigenvalue weighted by Gasteiger charge is 2.09. The third kappa shape index (κ3) is 1.92. The van der Waals surface area contributed by atoms with Crippen molar-refractivity contribution in [3.8, 4) is 11.8 Å². The minimum atomic E-state index is 0.630. The molecule has 0 atom stereocenters. The number of hydrogen-bond acceptors (Lipinski definition) is 2. The number of hydrogen-bond donors (Lipinski definition) is 0. The summed E-state index contributed by atoms with van der Waals surface area (Å²) < 4.78 is 2.88. The van der Waals surface area contributed by atoms with Crippen LogP contribution in [0, 0.1) is 18.3 Å². The second-order valence-electron chi connectivity index (χ2n) is 4.26. The number of benzene rings is 2. The molecule has 0 saturated carbocycles. The summed E-state index contributed by atoms with van der Waals surface area (Å²) in [6, 6.07) is 15.9. The Bertz CT molecular complexity index is 812. The predicted octanol–water partition coefficient (Wildman–Crippen LogP) is 3.97. The Morgan fingerprint density at radius 2 is 2.00 bits per heavy atom. The Hall–Kier alpha value is -2.12. The van der Waals surface area contributed by atoms with E-state index in [1.807, 2.05) is 49.4 Å². The van der Waals surface area contributed by atoms with E-state index in [0.717, 1.165) is 27.0 Å². The first kappa shape index (κ1) is 11.9. The van der Waals surface area contributed by atoms with Crippen LogP contribution in [-0.4, -0.2) is 9.55 Å². The second-order valence-corrected chi connectivity index (χ2v) is 5.11. The molecule has 3 rings (SSSR count). The average molecular weight is 312 g/mol. The van der Waals surface area contributed by atoms with Crippen molar-refractivity contribution >= 4 is 27.0 Å². The molecule has 0 aliphatic heterocycles. The van der Waals surface area contributed by atoms with Gasteiger partial charge in [-0.3, -0.25) is 4.57 Å². The molecular weight excluding hydrogens is 302 g/mol. The maximum Gasteiger partial charge on any atom is 0.111 e. The van der Waals surface area contributed by atoms with Gasteiger partial charge < -0.3 is 0 Å². The summed E-state index contributed by atoms with van der Waals surface area (Å²) in [6.45, 7) is 1.98. The zero-order valence-electron chi connectivity index (χ0n) is 10.3. The molecule has 2 aromatic carbocycles. The lowest BCUT2D eigenvalue weighted by molar-refractivity contribution is 0.999. The highest BCUT2D eigenvalue weighted by Crippen LogP contribution is 2.25. The summed E-state index contributed by atoms with van der Waals surface area (Å²) in [7, 11) is 0. The van der Waals surface area contributed by atoms with Gasteiger partial charge in [-0.05, 0) is 53.2 Å². The van der Waals surface area contributed by atoms with E-state index in [1.165, 1.54) is 0 Å². The Morgan fingerprint density at radius 3 is 2.74 bits per heavy atom. The lowest BCUT2D eigenvalue weighted by Gasteiger charge is -2.08. The molecule has 0 fully saturated rings. The number of aryl methyl sites for hydroxylation is 1. The van der Waals surface area contributed by atoms with Gasteiger partial charge in [0, 0.05) is 10.2 Å². The maximum absolute atomic E-state index is 8.97. The summed E-state index contributed by atoms with van der Waals surface area (Å²) in [6.07, 6.45) is 0. The van der Waals surface area contributed by atoms with Gasteiger partial charge in [0.15, 0.2) is 0 Å². The zero-order valence-corrected chi connectivity index (χ0v) is 11.8. The van der Waals surface area contributed by atoms with Crippen LogP contribution in [0.3, 0.4) is 0 Å². The molecule has 3 nitrogen and oxygen atoms in total. The highest BCUT2D eigenvalue weighted by molar-refractivity contribution is 9.10. The van der Waals surface area contributed by atoms with Crippen molar-refractivity contribution in [1.29, 1.82) is 5.26 Å². The number of halogens is 1. The van der Waals surface area contributed by atoms with Crippen LogP contribution >= 0.6 is 15.9 Å². The van der Waals surface area contributed by atoms with E-state index in [0.29, 0.717) is 5.56 Å². The fourth-order valence-electron chi connectivity index (χ4n) is 2.21. The van der Waals surface area contributed by atoms with Crippen molar-refractivity contribution in [2.45, 2.75) is 6.92 Å². The molecule has 19 heavy (non-hydrogen) atoms. The standard InChI is InChI=1S/C15H10BrN3/c1-10-18-14-4-2-3-5-15(14)19(10)12-7-6-11(9-17)13(16)8-12/h2-8H,1H3. The van der Waals surface area contributed by atoms with Gasteiger partial charge in [0.2, 0.25) is 0 Å². The molecule has 4 heteroatoms. The minimum Gasteiger partial charge on any atom is -0.296 e. The summed E-state index contributed by atoms with van der Waals surface area (Å²) >= 11 is 3.43. The number of rotatable bonds is 1. The van der Waals surface area contributed by atoms with Crippen molar-refractivity contribution in [1.82, 2.24) is 9.55 Å². The molecule has 0 N–H and O–H groups in total. The van der Waals surface area contributed by atoms with Gasteiger partial charge >= 0.3 is 0 Å². The number of fused-ring (bicyclic) bond motifs is 1. The number of para-hydroxylation sites is 2. The van der Waals surface area contributed by atoms with Gasteiger partial charge in [-0.2, -0.15) is 5.26 Å². The molecule has 1 aromatic heterocycles. The maximum atomic E-state index is 8.97. The summed E-state index contributed by atoms with van der Waals surface area (Å²) in [5.41, 5.74) is 3.67. The molecule has 0 radical (unpaired) electrons. The first-order valence-electron chi connectivity index (χ1n) is 5.85. The number of aromatic nitrogens is 2. The van der Waals surface area contributed by atoms with Crippen molar-refractivity contribution in [2.24, 2.45) is 0 Å². The van der Waals surface area contributed by atoms with E-state index < -0.39 is 0 Å². The Balaban J connectivity index is 2.28. The smallest absolute Gasteiger partial charge is 0.111 e. The van der Waals surface area contributed by atoms with Crippen molar-refractivity contribution in [3.63, 3.8) is 0 Å². The molecule has 0 saturated heterocycles. The largest absolute Gasteiger partial charge is 0.296 e. The van der Waals surface area contributed by atoms with Crippen molar-refractivity contribution in [3.05, 3.63) is 58.3 Å². The van der Waals surface area contributed by atoms with E-state index in [-0.39, 0.29) is 0 Å². The van der Waals surface area contributed by atoms with Crippen LogP contribution in [-0.2, 0) is 0 Å². The van der Waals surface area contributed by atoms with E-state index in [2.05, 4.69) is 31.6 Å². The third-order valence-corrected chi connectivity index (χ3v) is 3.72. The summed E-state index contributed by atoms with van der Waals surface area (Å²) in [4.78, 5) is 4.54. The minimum absolute atomic E-state index is 0.630. The van der Waals surface area contributed by atoms with Crippen LogP contribution < -0.4 is 0 Å². The molecule has 0 amide bonds. The van der Waals surface area contributed by atoms with Gasteiger partial charge in [-0.25, -0.2) is 4.98 Å². The first-order valence-corrected chi connectivity index (χ1v) is 6.64. The molecule has 0 spiro atoms. The predicted molar refractivity (Wildman–Crippen MR) is 78.2 cm³/mol. The third-order valence-electron chi connectivity index (χ3n) is 3.06. The molecule has 92 valence electrons. The lowest BCUT2D eigenvalue weighted by Crippen LogP contribution is -1.97. The van der Waals surface area contributed by atoms with Gasteiger partial charge in [0.25, 0.3) is 0 Å². The van der Waals surface area contributed by atoms with Crippen LogP contribution in [0.15, 0.2) is 46.9 Å². The fraction of sp³-hybridized carbons (Fsp3) is 0.0667. The van der Waals surface area contributed by atoms with Crippen LogP contribution in [0.2, 0.25) is 0 Å². The Labute approximate surface area is 119 Å². The van der Waals surface area contributed by atoms with Crippen LogP contribution in [0.1, 0.15) is 11.4 Å². The number of imidazole rings is 1. The Kier molecular flexibility index (Phi) is 2.84. The molecule has 3 aromatic rings. The Morgan fingerprint density at radius 1 is 1.21 bits per heavy atom. The van der Waals surface area contributed by atoms with Gasteiger partial charge in [-0.1, -0.05) is 12.1 Å². The number of nitrogens with zero attached hydrogens (tertiary/aromatic N) is 3. The lowest BCUT2D eigenvalue weighted by atomic mass is 10.2. The van der Waals surface area contributed by atoms with Crippen molar-refractivity contribution < 1.29 is 0 Å². The van der Waals surface area contributed by atoms with Crippen LogP contribution in [0.5, 0.6) is 0 Å². The monoisotopic (exact) mass is 311 g/mol. The van der Waals surface area contributed by atoms with E-state index in [4.69, 9.17) is 5.26 Å². The summed E-state index contributed by atoms with van der Waals surface area (Å²) in [5.74, 6) is 0.929.